The summed E-state index contributed by atoms with van der Waals surface area (Å²) in [5, 5.41) is 0.650. The van der Waals surface area contributed by atoms with Crippen LogP contribution in [-0.2, 0) is 5.88 Å². The fourth-order valence-electron chi connectivity index (χ4n) is 2.05. The molecule has 1 aromatic heterocycles. The van der Waals surface area contributed by atoms with Gasteiger partial charge in [-0.1, -0.05) is 25.4 Å². The first kappa shape index (κ1) is 12.0. The van der Waals surface area contributed by atoms with Crippen LogP contribution in [0.1, 0.15) is 26.0 Å². The number of anilines is 1. The van der Waals surface area contributed by atoms with Crippen LogP contribution in [0.25, 0.3) is 0 Å². The number of aromatic nitrogens is 1. The fourth-order valence-corrected chi connectivity index (χ4v) is 2.49. The van der Waals surface area contributed by atoms with Crippen LogP contribution in [-0.4, -0.2) is 18.1 Å². The molecule has 0 aliphatic carbocycles. The molecule has 1 aliphatic heterocycles. The van der Waals surface area contributed by atoms with E-state index in [1.165, 1.54) is 6.42 Å². The van der Waals surface area contributed by atoms with Gasteiger partial charge in [-0.2, -0.15) is 0 Å². The third-order valence-corrected chi connectivity index (χ3v) is 3.63. The van der Waals surface area contributed by atoms with Gasteiger partial charge in [0.25, 0.3) is 0 Å². The molecule has 0 spiro atoms. The van der Waals surface area contributed by atoms with Gasteiger partial charge in [-0.3, -0.25) is 0 Å². The zero-order valence-corrected chi connectivity index (χ0v) is 11.1. The van der Waals surface area contributed by atoms with Crippen molar-refractivity contribution < 1.29 is 0 Å². The quantitative estimate of drug-likeness (QED) is 0.752. The molecule has 0 amide bonds. The van der Waals surface area contributed by atoms with Crippen molar-refractivity contribution in [3.63, 3.8) is 0 Å². The van der Waals surface area contributed by atoms with Crippen LogP contribution in [0.5, 0.6) is 0 Å². The van der Waals surface area contributed by atoms with Crippen molar-refractivity contribution >= 4 is 29.0 Å². The standard InChI is InChI=1S/C12H16Cl2N2/c1-12(2)5-6-16(8-12)11-4-3-9(14)10(7-13)15-11/h3-4H,5-8H2,1-2H3. The molecule has 0 atom stereocenters. The zero-order chi connectivity index (χ0) is 11.8. The van der Waals surface area contributed by atoms with E-state index in [9.17, 15) is 0 Å². The van der Waals surface area contributed by atoms with Gasteiger partial charge in [0.15, 0.2) is 0 Å². The van der Waals surface area contributed by atoms with Crippen molar-refractivity contribution in [1.82, 2.24) is 4.98 Å². The van der Waals surface area contributed by atoms with Crippen LogP contribution in [0.2, 0.25) is 5.02 Å². The summed E-state index contributed by atoms with van der Waals surface area (Å²) in [6, 6.07) is 3.85. The van der Waals surface area contributed by atoms with E-state index in [1.54, 1.807) is 0 Å². The minimum atomic E-state index is 0.365. The molecule has 2 heterocycles. The average molecular weight is 259 g/mol. The third kappa shape index (κ3) is 2.44. The van der Waals surface area contributed by atoms with E-state index < -0.39 is 0 Å². The van der Waals surface area contributed by atoms with Gasteiger partial charge in [0.2, 0.25) is 0 Å². The summed E-state index contributed by atoms with van der Waals surface area (Å²) in [5.74, 6) is 1.36. The Bertz CT molecular complexity index is 391. The molecule has 0 aromatic carbocycles. The van der Waals surface area contributed by atoms with Gasteiger partial charge >= 0.3 is 0 Å². The maximum absolute atomic E-state index is 5.99. The van der Waals surface area contributed by atoms with Crippen LogP contribution in [0, 0.1) is 5.41 Å². The Kier molecular flexibility index (Phi) is 3.32. The summed E-state index contributed by atoms with van der Waals surface area (Å²) >= 11 is 11.8. The molecule has 88 valence electrons. The largest absolute Gasteiger partial charge is 0.356 e. The van der Waals surface area contributed by atoms with Crippen molar-refractivity contribution in [1.29, 1.82) is 0 Å². The Labute approximate surface area is 107 Å². The summed E-state index contributed by atoms with van der Waals surface area (Å²) < 4.78 is 0. The second kappa shape index (κ2) is 4.42. The number of pyridine rings is 1. The Balaban J connectivity index is 2.22. The molecule has 2 nitrogen and oxygen atoms in total. The topological polar surface area (TPSA) is 16.1 Å². The lowest BCUT2D eigenvalue weighted by molar-refractivity contribution is 0.418. The Morgan fingerprint density at radius 1 is 1.44 bits per heavy atom. The van der Waals surface area contributed by atoms with E-state index in [0.29, 0.717) is 16.3 Å². The molecule has 0 radical (unpaired) electrons. The molecule has 0 bridgehead atoms. The SMILES string of the molecule is CC1(C)CCN(c2ccc(Cl)c(CCl)n2)C1. The molecule has 1 fully saturated rings. The van der Waals surface area contributed by atoms with Crippen molar-refractivity contribution in [2.45, 2.75) is 26.1 Å². The van der Waals surface area contributed by atoms with Gasteiger partial charge in [-0.05, 0) is 24.0 Å². The number of alkyl halides is 1. The number of hydrogen-bond donors (Lipinski definition) is 0. The van der Waals surface area contributed by atoms with Crippen LogP contribution in [0.4, 0.5) is 5.82 Å². The van der Waals surface area contributed by atoms with Crippen molar-refractivity contribution in [2.24, 2.45) is 5.41 Å². The highest BCUT2D eigenvalue weighted by atomic mass is 35.5. The van der Waals surface area contributed by atoms with Gasteiger partial charge in [0.1, 0.15) is 5.82 Å². The maximum atomic E-state index is 5.99. The Morgan fingerprint density at radius 2 is 2.19 bits per heavy atom. The molecule has 0 N–H and O–H groups in total. The molecule has 1 saturated heterocycles. The fraction of sp³-hybridized carbons (Fsp3) is 0.583. The highest BCUT2D eigenvalue weighted by Gasteiger charge is 2.29. The maximum Gasteiger partial charge on any atom is 0.128 e. The van der Waals surface area contributed by atoms with Crippen molar-refractivity contribution in [3.05, 3.63) is 22.8 Å². The number of halogens is 2. The van der Waals surface area contributed by atoms with Gasteiger partial charge in [-0.25, -0.2) is 4.98 Å². The van der Waals surface area contributed by atoms with E-state index >= 15 is 0 Å². The van der Waals surface area contributed by atoms with Crippen LogP contribution in [0.3, 0.4) is 0 Å². The van der Waals surface area contributed by atoms with E-state index in [2.05, 4.69) is 23.7 Å². The lowest BCUT2D eigenvalue weighted by Gasteiger charge is -2.21. The van der Waals surface area contributed by atoms with Crippen molar-refractivity contribution in [3.8, 4) is 0 Å². The predicted octanol–water partition coefficient (Wildman–Crippen LogP) is 3.71. The monoisotopic (exact) mass is 258 g/mol. The summed E-state index contributed by atoms with van der Waals surface area (Å²) in [5.41, 5.74) is 1.15. The minimum absolute atomic E-state index is 0.365. The van der Waals surface area contributed by atoms with Gasteiger partial charge < -0.3 is 4.90 Å². The van der Waals surface area contributed by atoms with Crippen LogP contribution < -0.4 is 4.90 Å². The van der Waals surface area contributed by atoms with Crippen molar-refractivity contribution in [2.75, 3.05) is 18.0 Å². The molecule has 1 aliphatic rings. The highest BCUT2D eigenvalue weighted by molar-refractivity contribution is 6.32. The number of nitrogens with zero attached hydrogens (tertiary/aromatic N) is 2. The summed E-state index contributed by atoms with van der Waals surface area (Å²) in [4.78, 5) is 6.80. The third-order valence-electron chi connectivity index (χ3n) is 3.03. The molecule has 0 unspecified atom stereocenters. The normalized spacial score (nSPS) is 19.1. The minimum Gasteiger partial charge on any atom is -0.356 e. The number of rotatable bonds is 2. The second-order valence-electron chi connectivity index (χ2n) is 5.07. The molecular formula is C12H16Cl2N2. The first-order valence-corrected chi connectivity index (χ1v) is 6.39. The first-order valence-electron chi connectivity index (χ1n) is 5.48. The summed E-state index contributed by atoms with van der Waals surface area (Å²) in [6.07, 6.45) is 1.20. The lowest BCUT2D eigenvalue weighted by atomic mass is 9.93. The van der Waals surface area contributed by atoms with E-state index in [1.807, 2.05) is 12.1 Å². The van der Waals surface area contributed by atoms with Gasteiger partial charge in [-0.15, -0.1) is 11.6 Å². The highest BCUT2D eigenvalue weighted by Crippen LogP contribution is 2.32. The molecule has 16 heavy (non-hydrogen) atoms. The second-order valence-corrected chi connectivity index (χ2v) is 5.74. The van der Waals surface area contributed by atoms with Crippen LogP contribution >= 0.6 is 23.2 Å². The van der Waals surface area contributed by atoms with E-state index in [0.717, 1.165) is 24.6 Å². The Morgan fingerprint density at radius 3 is 2.75 bits per heavy atom. The molecule has 0 saturated carbocycles. The Hall–Kier alpha value is -0.470. The zero-order valence-electron chi connectivity index (χ0n) is 9.63. The molecule has 1 aromatic rings. The predicted molar refractivity (Wildman–Crippen MR) is 69.4 cm³/mol. The summed E-state index contributed by atoms with van der Waals surface area (Å²) in [7, 11) is 0. The smallest absolute Gasteiger partial charge is 0.128 e. The average Bonchev–Trinajstić information content (AvgIpc) is 2.59. The van der Waals surface area contributed by atoms with E-state index in [-0.39, 0.29) is 0 Å². The lowest BCUT2D eigenvalue weighted by Crippen LogP contribution is -2.23. The molecule has 4 heteroatoms. The van der Waals surface area contributed by atoms with Gasteiger partial charge in [0, 0.05) is 13.1 Å². The first-order chi connectivity index (χ1) is 7.52. The van der Waals surface area contributed by atoms with Gasteiger partial charge in [0.05, 0.1) is 16.6 Å². The number of hydrogen-bond acceptors (Lipinski definition) is 2. The van der Waals surface area contributed by atoms with E-state index in [4.69, 9.17) is 23.2 Å². The molecular weight excluding hydrogens is 243 g/mol. The van der Waals surface area contributed by atoms with Crippen LogP contribution in [0.15, 0.2) is 12.1 Å². The summed E-state index contributed by atoms with van der Waals surface area (Å²) in [6.45, 7) is 6.67. The molecule has 2 rings (SSSR count).